The van der Waals surface area contributed by atoms with Crippen LogP contribution in [0.5, 0.6) is 0 Å². The second kappa shape index (κ2) is 6.03. The van der Waals surface area contributed by atoms with Crippen LogP contribution in [0.4, 0.5) is 4.39 Å². The number of carbonyl (C=O) groups excluding carboxylic acids is 1. The molecule has 0 atom stereocenters. The van der Waals surface area contributed by atoms with Gasteiger partial charge in [0.2, 0.25) is 5.78 Å². The minimum Gasteiger partial charge on any atom is -0.288 e. The van der Waals surface area contributed by atoms with Crippen LogP contribution in [0.3, 0.4) is 0 Å². The van der Waals surface area contributed by atoms with Gasteiger partial charge in [-0.15, -0.1) is 11.3 Å². The van der Waals surface area contributed by atoms with Crippen LogP contribution in [-0.4, -0.2) is 5.78 Å². The van der Waals surface area contributed by atoms with Crippen LogP contribution >= 0.6 is 22.9 Å². The van der Waals surface area contributed by atoms with Crippen LogP contribution in [0.2, 0.25) is 5.02 Å². The topological polar surface area (TPSA) is 17.1 Å². The van der Waals surface area contributed by atoms with Crippen LogP contribution in [-0.2, 0) is 0 Å². The lowest BCUT2D eigenvalue weighted by atomic mass is 10.0. The van der Waals surface area contributed by atoms with Gasteiger partial charge in [-0.1, -0.05) is 29.8 Å². The summed E-state index contributed by atoms with van der Waals surface area (Å²) in [5.41, 5.74) is 2.40. The van der Waals surface area contributed by atoms with Gasteiger partial charge in [0.05, 0.1) is 4.88 Å². The largest absolute Gasteiger partial charge is 0.288 e. The van der Waals surface area contributed by atoms with E-state index in [9.17, 15) is 9.18 Å². The molecule has 0 aliphatic rings. The molecule has 22 heavy (non-hydrogen) atoms. The molecule has 0 saturated carbocycles. The maximum atomic E-state index is 13.0. The highest BCUT2D eigenvalue weighted by Crippen LogP contribution is 2.30. The molecule has 0 spiro atoms. The first kappa shape index (κ1) is 14.9. The molecular formula is C18H12ClFOS. The lowest BCUT2D eigenvalue weighted by Crippen LogP contribution is -2.01. The number of carbonyl (C=O) groups is 1. The van der Waals surface area contributed by atoms with Gasteiger partial charge in [0.25, 0.3) is 0 Å². The van der Waals surface area contributed by atoms with E-state index in [1.165, 1.54) is 23.5 Å². The summed E-state index contributed by atoms with van der Waals surface area (Å²) in [7, 11) is 0. The minimum absolute atomic E-state index is 0.0432. The Hall–Kier alpha value is -1.97. The average Bonchev–Trinajstić information content (AvgIpc) is 2.99. The molecule has 0 aliphatic heterocycles. The maximum absolute atomic E-state index is 13.0. The van der Waals surface area contributed by atoms with Crippen LogP contribution < -0.4 is 0 Å². The van der Waals surface area contributed by atoms with Gasteiger partial charge >= 0.3 is 0 Å². The van der Waals surface area contributed by atoms with E-state index in [-0.39, 0.29) is 11.6 Å². The number of thiophene rings is 1. The first-order chi connectivity index (χ1) is 10.5. The smallest absolute Gasteiger partial charge is 0.203 e. The molecule has 0 radical (unpaired) electrons. The van der Waals surface area contributed by atoms with Gasteiger partial charge in [0.15, 0.2) is 0 Å². The summed E-state index contributed by atoms with van der Waals surface area (Å²) in [5.74, 6) is -0.315. The van der Waals surface area contributed by atoms with Crippen molar-refractivity contribution in [2.45, 2.75) is 6.92 Å². The molecule has 3 rings (SSSR count). The molecule has 1 nitrogen and oxygen atoms in total. The predicted molar refractivity (Wildman–Crippen MR) is 89.3 cm³/mol. The lowest BCUT2D eigenvalue weighted by molar-refractivity contribution is 0.104. The van der Waals surface area contributed by atoms with Crippen LogP contribution in [0.25, 0.3) is 10.4 Å². The minimum atomic E-state index is -0.272. The summed E-state index contributed by atoms with van der Waals surface area (Å²) in [5, 5.41) is 0.546. The zero-order valence-electron chi connectivity index (χ0n) is 11.8. The zero-order chi connectivity index (χ0) is 15.7. The second-order valence-corrected chi connectivity index (χ2v) is 6.48. The van der Waals surface area contributed by atoms with E-state index < -0.39 is 0 Å². The van der Waals surface area contributed by atoms with Gasteiger partial charge in [-0.25, -0.2) is 4.39 Å². The average molecular weight is 331 g/mol. The van der Waals surface area contributed by atoms with Crippen molar-refractivity contribution in [2.24, 2.45) is 0 Å². The normalized spacial score (nSPS) is 10.7. The number of benzene rings is 2. The number of rotatable bonds is 3. The Labute approximate surface area is 137 Å². The molecule has 4 heteroatoms. The van der Waals surface area contributed by atoms with E-state index in [2.05, 4.69) is 0 Å². The Morgan fingerprint density at radius 1 is 1.05 bits per heavy atom. The van der Waals surface area contributed by atoms with Crippen molar-refractivity contribution in [2.75, 3.05) is 0 Å². The molecule has 0 unspecified atom stereocenters. The summed E-state index contributed by atoms with van der Waals surface area (Å²) in [6, 6.07) is 15.2. The maximum Gasteiger partial charge on any atom is 0.203 e. The van der Waals surface area contributed by atoms with Crippen molar-refractivity contribution in [1.29, 1.82) is 0 Å². The summed E-state index contributed by atoms with van der Waals surface area (Å²) in [6.45, 7) is 1.89. The Kier molecular flexibility index (Phi) is 4.10. The van der Waals surface area contributed by atoms with Gasteiger partial charge in [0.1, 0.15) is 5.82 Å². The predicted octanol–water partition coefficient (Wildman–Crippen LogP) is 5.75. The molecule has 0 bridgehead atoms. The molecule has 0 aliphatic carbocycles. The molecule has 0 amide bonds. The first-order valence-electron chi connectivity index (χ1n) is 6.71. The van der Waals surface area contributed by atoms with Gasteiger partial charge in [0, 0.05) is 15.5 Å². The van der Waals surface area contributed by atoms with Crippen LogP contribution in [0.15, 0.2) is 54.6 Å². The van der Waals surface area contributed by atoms with E-state index in [0.29, 0.717) is 15.5 Å². The number of hydrogen-bond donors (Lipinski definition) is 0. The first-order valence-corrected chi connectivity index (χ1v) is 7.90. The van der Waals surface area contributed by atoms with Crippen molar-refractivity contribution >= 4 is 28.7 Å². The fraction of sp³-hybridized carbons (Fsp3) is 0.0556. The van der Waals surface area contributed by atoms with Gasteiger partial charge in [-0.05, 0) is 54.4 Å². The van der Waals surface area contributed by atoms with Gasteiger partial charge in [-0.2, -0.15) is 0 Å². The molecule has 0 fully saturated rings. The van der Waals surface area contributed by atoms with Crippen molar-refractivity contribution in [1.82, 2.24) is 0 Å². The number of ketones is 1. The third-order valence-corrected chi connectivity index (χ3v) is 4.77. The molecule has 3 aromatic rings. The fourth-order valence-corrected chi connectivity index (χ4v) is 3.34. The van der Waals surface area contributed by atoms with E-state index in [1.807, 2.05) is 19.1 Å². The molecule has 0 saturated heterocycles. The Balaban J connectivity index is 1.95. The Bertz CT molecular complexity index is 837. The molecule has 0 N–H and O–H groups in total. The van der Waals surface area contributed by atoms with Crippen molar-refractivity contribution in [3.63, 3.8) is 0 Å². The lowest BCUT2D eigenvalue weighted by Gasteiger charge is -2.03. The van der Waals surface area contributed by atoms with Crippen molar-refractivity contribution in [3.05, 3.63) is 81.4 Å². The molecule has 110 valence electrons. The van der Waals surface area contributed by atoms with E-state index in [0.717, 1.165) is 16.0 Å². The fourth-order valence-electron chi connectivity index (χ4n) is 2.20. The highest BCUT2D eigenvalue weighted by Gasteiger charge is 2.15. The number of aryl methyl sites for hydroxylation is 1. The van der Waals surface area contributed by atoms with Crippen LogP contribution in [0, 0.1) is 12.7 Å². The highest BCUT2D eigenvalue weighted by atomic mass is 35.5. The van der Waals surface area contributed by atoms with E-state index in [4.69, 9.17) is 11.6 Å². The summed E-state index contributed by atoms with van der Waals surface area (Å²) in [4.78, 5) is 14.2. The zero-order valence-corrected chi connectivity index (χ0v) is 13.3. The third kappa shape index (κ3) is 2.96. The highest BCUT2D eigenvalue weighted by molar-refractivity contribution is 7.17. The molecule has 1 aromatic heterocycles. The van der Waals surface area contributed by atoms with Crippen LogP contribution in [0.1, 0.15) is 20.8 Å². The third-order valence-electron chi connectivity index (χ3n) is 3.40. The van der Waals surface area contributed by atoms with Gasteiger partial charge < -0.3 is 0 Å². The Morgan fingerprint density at radius 2 is 1.77 bits per heavy atom. The molecular weight excluding hydrogens is 319 g/mol. The standard InChI is InChI=1S/C18H12ClFOS/c1-11-2-5-13(19)10-15(11)18(21)17-9-8-16(22-17)12-3-6-14(20)7-4-12/h2-10H,1H3. The van der Waals surface area contributed by atoms with Gasteiger partial charge in [-0.3, -0.25) is 4.79 Å². The van der Waals surface area contributed by atoms with Crippen molar-refractivity contribution in [3.8, 4) is 10.4 Å². The summed E-state index contributed by atoms with van der Waals surface area (Å²) in [6.07, 6.45) is 0. The van der Waals surface area contributed by atoms with Crippen molar-refractivity contribution < 1.29 is 9.18 Å². The Morgan fingerprint density at radius 3 is 2.50 bits per heavy atom. The summed E-state index contributed by atoms with van der Waals surface area (Å²) < 4.78 is 13.0. The SMILES string of the molecule is Cc1ccc(Cl)cc1C(=O)c1ccc(-c2ccc(F)cc2)s1. The van der Waals surface area contributed by atoms with E-state index in [1.54, 1.807) is 30.3 Å². The quantitative estimate of drug-likeness (QED) is 0.559. The second-order valence-electron chi connectivity index (χ2n) is 4.96. The van der Waals surface area contributed by atoms with E-state index >= 15 is 0 Å². The molecule has 1 heterocycles. The molecule has 2 aromatic carbocycles. The number of hydrogen-bond acceptors (Lipinski definition) is 2. The monoisotopic (exact) mass is 330 g/mol. The number of halogens is 2. The summed E-state index contributed by atoms with van der Waals surface area (Å²) >= 11 is 7.37.